The van der Waals surface area contributed by atoms with Gasteiger partial charge in [0.2, 0.25) is 5.95 Å². The van der Waals surface area contributed by atoms with Crippen LogP contribution in [0.3, 0.4) is 0 Å². The lowest BCUT2D eigenvalue weighted by molar-refractivity contribution is 0.192. The van der Waals surface area contributed by atoms with Crippen LogP contribution in [0, 0.1) is 0 Å². The van der Waals surface area contributed by atoms with Crippen LogP contribution >= 0.6 is 0 Å². The molecule has 0 bridgehead atoms. The van der Waals surface area contributed by atoms with Crippen molar-refractivity contribution >= 4 is 17.0 Å². The SMILES string of the molecule is COCCCCCNc1nc2ccccc2[nH]1. The van der Waals surface area contributed by atoms with Gasteiger partial charge in [0.15, 0.2) is 0 Å². The molecule has 0 atom stereocenters. The van der Waals surface area contributed by atoms with Gasteiger partial charge in [-0.05, 0) is 31.4 Å². The highest BCUT2D eigenvalue weighted by atomic mass is 16.5. The molecule has 1 heterocycles. The number of aromatic nitrogens is 2. The first-order chi connectivity index (χ1) is 8.40. The predicted molar refractivity (Wildman–Crippen MR) is 70.3 cm³/mol. The molecular formula is C13H19N3O. The predicted octanol–water partition coefficient (Wildman–Crippen LogP) is 2.79. The van der Waals surface area contributed by atoms with E-state index >= 15 is 0 Å². The molecule has 0 radical (unpaired) electrons. The van der Waals surface area contributed by atoms with Crippen LogP contribution in [0.1, 0.15) is 19.3 Å². The summed E-state index contributed by atoms with van der Waals surface area (Å²) in [5.74, 6) is 0.859. The van der Waals surface area contributed by atoms with Gasteiger partial charge in [-0.3, -0.25) is 0 Å². The molecule has 1 aromatic carbocycles. The quantitative estimate of drug-likeness (QED) is 0.723. The van der Waals surface area contributed by atoms with Crippen molar-refractivity contribution in [2.75, 3.05) is 25.6 Å². The van der Waals surface area contributed by atoms with Crippen LogP contribution in [0.4, 0.5) is 5.95 Å². The summed E-state index contributed by atoms with van der Waals surface area (Å²) in [5.41, 5.74) is 2.09. The summed E-state index contributed by atoms with van der Waals surface area (Å²) in [4.78, 5) is 7.71. The Balaban J connectivity index is 1.75. The number of aromatic amines is 1. The zero-order chi connectivity index (χ0) is 11.9. The van der Waals surface area contributed by atoms with E-state index in [1.807, 2.05) is 24.3 Å². The number of hydrogen-bond acceptors (Lipinski definition) is 3. The first kappa shape index (κ1) is 11.9. The van der Waals surface area contributed by atoms with Crippen molar-refractivity contribution in [2.45, 2.75) is 19.3 Å². The Hall–Kier alpha value is -1.55. The minimum atomic E-state index is 0.852. The molecule has 0 aliphatic rings. The number of rotatable bonds is 7. The van der Waals surface area contributed by atoms with E-state index in [-0.39, 0.29) is 0 Å². The average molecular weight is 233 g/mol. The Kier molecular flexibility index (Phi) is 4.38. The fourth-order valence-corrected chi connectivity index (χ4v) is 1.79. The van der Waals surface area contributed by atoms with E-state index < -0.39 is 0 Å². The Labute approximate surface area is 101 Å². The van der Waals surface area contributed by atoms with Gasteiger partial charge in [0.05, 0.1) is 11.0 Å². The van der Waals surface area contributed by atoms with E-state index in [0.29, 0.717) is 0 Å². The molecule has 0 fully saturated rings. The van der Waals surface area contributed by atoms with Gasteiger partial charge in [0.1, 0.15) is 0 Å². The fraction of sp³-hybridized carbons (Fsp3) is 0.462. The van der Waals surface area contributed by atoms with Gasteiger partial charge in [-0.15, -0.1) is 0 Å². The molecule has 92 valence electrons. The zero-order valence-corrected chi connectivity index (χ0v) is 10.2. The minimum absolute atomic E-state index is 0.852. The standard InChI is InChI=1S/C13H19N3O/c1-17-10-6-2-5-9-14-13-15-11-7-3-4-8-12(11)16-13/h3-4,7-8H,2,5-6,9-10H2,1H3,(H2,14,15,16). The van der Waals surface area contributed by atoms with Crippen LogP contribution in [-0.2, 0) is 4.74 Å². The monoisotopic (exact) mass is 233 g/mol. The molecule has 2 N–H and O–H groups in total. The number of nitrogens with zero attached hydrogens (tertiary/aromatic N) is 1. The summed E-state index contributed by atoms with van der Waals surface area (Å²) in [6, 6.07) is 8.05. The fourth-order valence-electron chi connectivity index (χ4n) is 1.79. The molecule has 4 nitrogen and oxygen atoms in total. The van der Waals surface area contributed by atoms with Crippen molar-refractivity contribution < 1.29 is 4.74 Å². The van der Waals surface area contributed by atoms with Crippen molar-refractivity contribution in [3.05, 3.63) is 24.3 Å². The molecule has 0 aliphatic carbocycles. The van der Waals surface area contributed by atoms with Crippen molar-refractivity contribution in [1.29, 1.82) is 0 Å². The number of fused-ring (bicyclic) bond motifs is 1. The van der Waals surface area contributed by atoms with E-state index in [1.54, 1.807) is 7.11 Å². The third-order valence-corrected chi connectivity index (χ3v) is 2.71. The van der Waals surface area contributed by atoms with Gasteiger partial charge in [0, 0.05) is 20.3 Å². The molecule has 17 heavy (non-hydrogen) atoms. The smallest absolute Gasteiger partial charge is 0.201 e. The highest BCUT2D eigenvalue weighted by Gasteiger charge is 1.99. The Morgan fingerprint density at radius 1 is 1.24 bits per heavy atom. The second kappa shape index (κ2) is 6.25. The normalized spacial score (nSPS) is 10.9. The number of methoxy groups -OCH3 is 1. The molecule has 4 heteroatoms. The summed E-state index contributed by atoms with van der Waals surface area (Å²) in [7, 11) is 1.74. The maximum atomic E-state index is 5.01. The van der Waals surface area contributed by atoms with Crippen molar-refractivity contribution in [3.8, 4) is 0 Å². The van der Waals surface area contributed by atoms with Crippen molar-refractivity contribution in [1.82, 2.24) is 9.97 Å². The zero-order valence-electron chi connectivity index (χ0n) is 10.2. The highest BCUT2D eigenvalue weighted by molar-refractivity contribution is 5.77. The number of imidazole rings is 1. The van der Waals surface area contributed by atoms with Gasteiger partial charge in [-0.25, -0.2) is 4.98 Å². The first-order valence-corrected chi connectivity index (χ1v) is 6.08. The van der Waals surface area contributed by atoms with Gasteiger partial charge >= 0.3 is 0 Å². The third kappa shape index (κ3) is 3.46. The molecule has 1 aromatic heterocycles. The number of unbranched alkanes of at least 4 members (excludes halogenated alkanes) is 2. The molecule has 0 amide bonds. The van der Waals surface area contributed by atoms with Gasteiger partial charge in [0.25, 0.3) is 0 Å². The molecule has 2 rings (SSSR count). The van der Waals surface area contributed by atoms with Gasteiger partial charge < -0.3 is 15.0 Å². The van der Waals surface area contributed by atoms with Crippen LogP contribution in [-0.4, -0.2) is 30.2 Å². The Morgan fingerprint density at radius 3 is 2.94 bits per heavy atom. The number of anilines is 1. The number of nitrogens with one attached hydrogen (secondary N) is 2. The van der Waals surface area contributed by atoms with E-state index in [0.717, 1.165) is 43.0 Å². The van der Waals surface area contributed by atoms with Crippen LogP contribution < -0.4 is 5.32 Å². The number of H-pyrrole nitrogens is 1. The topological polar surface area (TPSA) is 49.9 Å². The maximum absolute atomic E-state index is 5.01. The molecule has 0 aliphatic heterocycles. The third-order valence-electron chi connectivity index (χ3n) is 2.71. The molecule has 0 spiro atoms. The largest absolute Gasteiger partial charge is 0.385 e. The van der Waals surface area contributed by atoms with Crippen molar-refractivity contribution in [2.24, 2.45) is 0 Å². The maximum Gasteiger partial charge on any atom is 0.201 e. The summed E-state index contributed by atoms with van der Waals surface area (Å²) >= 11 is 0. The molecular weight excluding hydrogens is 214 g/mol. The van der Waals surface area contributed by atoms with Crippen LogP contribution in [0.5, 0.6) is 0 Å². The number of ether oxygens (including phenoxy) is 1. The summed E-state index contributed by atoms with van der Waals surface area (Å²) in [6.45, 7) is 1.80. The van der Waals surface area contributed by atoms with Crippen LogP contribution in [0.2, 0.25) is 0 Å². The summed E-state index contributed by atoms with van der Waals surface area (Å²) < 4.78 is 5.01. The van der Waals surface area contributed by atoms with E-state index in [9.17, 15) is 0 Å². The van der Waals surface area contributed by atoms with Crippen LogP contribution in [0.25, 0.3) is 11.0 Å². The number of para-hydroxylation sites is 2. The number of benzene rings is 1. The summed E-state index contributed by atoms with van der Waals surface area (Å²) in [5, 5.41) is 3.30. The summed E-state index contributed by atoms with van der Waals surface area (Å²) in [6.07, 6.45) is 3.44. The van der Waals surface area contributed by atoms with Crippen molar-refractivity contribution in [3.63, 3.8) is 0 Å². The second-order valence-electron chi connectivity index (χ2n) is 4.08. The lowest BCUT2D eigenvalue weighted by Gasteiger charge is -2.02. The minimum Gasteiger partial charge on any atom is -0.385 e. The lowest BCUT2D eigenvalue weighted by atomic mass is 10.2. The Bertz CT molecular complexity index is 420. The van der Waals surface area contributed by atoms with Gasteiger partial charge in [-0.2, -0.15) is 0 Å². The molecule has 0 saturated heterocycles. The molecule has 0 unspecified atom stereocenters. The number of hydrogen-bond donors (Lipinski definition) is 2. The van der Waals surface area contributed by atoms with Gasteiger partial charge in [-0.1, -0.05) is 12.1 Å². The Morgan fingerprint density at radius 2 is 2.12 bits per heavy atom. The molecule has 0 saturated carbocycles. The lowest BCUT2D eigenvalue weighted by Crippen LogP contribution is -2.03. The average Bonchev–Trinajstić information content (AvgIpc) is 2.76. The van der Waals surface area contributed by atoms with E-state index in [1.165, 1.54) is 6.42 Å². The first-order valence-electron chi connectivity index (χ1n) is 6.08. The molecule has 2 aromatic rings. The highest BCUT2D eigenvalue weighted by Crippen LogP contribution is 2.13. The van der Waals surface area contributed by atoms with E-state index in [4.69, 9.17) is 4.74 Å². The van der Waals surface area contributed by atoms with E-state index in [2.05, 4.69) is 15.3 Å². The second-order valence-corrected chi connectivity index (χ2v) is 4.08. The van der Waals surface area contributed by atoms with Crippen LogP contribution in [0.15, 0.2) is 24.3 Å².